The predicted octanol–water partition coefficient (Wildman–Crippen LogP) is 0.0464. The highest BCUT2D eigenvalue weighted by molar-refractivity contribution is 5.77. The third-order valence-electron chi connectivity index (χ3n) is 25.1. The lowest BCUT2D eigenvalue weighted by Gasteiger charge is -2.53. The first kappa shape index (κ1) is 114. The Kier molecular flexibility index (Phi) is 53.9. The fraction of sp³-hybridized carbons (Fsp3) is 0.921. The number of carbonyl (C=O) groups is 5. The summed E-state index contributed by atoms with van der Waals surface area (Å²) in [7, 11) is 0. The van der Waals surface area contributed by atoms with Crippen LogP contribution in [0.5, 0.6) is 0 Å². The maximum absolute atomic E-state index is 14.0. The van der Waals surface area contributed by atoms with Crippen LogP contribution in [0.1, 0.15) is 272 Å². The van der Waals surface area contributed by atoms with Crippen LogP contribution in [-0.4, -0.2) is 375 Å². The third kappa shape index (κ3) is 36.1. The molecule has 40 heteroatoms. The average Bonchev–Trinajstić information content (AvgIpc) is 0.743. The minimum Gasteiger partial charge on any atom is -0.477 e. The van der Waals surface area contributed by atoms with Crippen molar-refractivity contribution in [3.63, 3.8) is 0 Å². The van der Waals surface area contributed by atoms with Gasteiger partial charge in [0.1, 0.15) is 140 Å². The first-order chi connectivity index (χ1) is 61.9. The van der Waals surface area contributed by atoms with Gasteiger partial charge >= 0.3 is 5.97 Å². The number of carboxylic acids is 1. The molecule has 0 saturated carbocycles. The lowest BCUT2D eigenvalue weighted by atomic mass is 9.88. The number of hydrogen-bond donors (Lipinski definition) is 23. The number of hydrogen-bond acceptors (Lipinski definition) is 35. The first-order valence-electron chi connectivity index (χ1n) is 47.6. The van der Waals surface area contributed by atoms with Gasteiger partial charge in [-0.1, -0.05) is 231 Å². The first-order valence-corrected chi connectivity index (χ1v) is 47.6. The van der Waals surface area contributed by atoms with E-state index in [4.69, 9.17) is 56.8 Å². The number of carboxylic acid groups (broad SMARTS) is 1. The molecule has 0 aromatic heterocycles. The molecule has 33 atom stereocenters. The summed E-state index contributed by atoms with van der Waals surface area (Å²) >= 11 is 0. The van der Waals surface area contributed by atoms with Gasteiger partial charge < -0.3 is 175 Å². The highest BCUT2D eigenvalue weighted by atomic mass is 16.8. The summed E-state index contributed by atoms with van der Waals surface area (Å²) in [6.45, 7) is -0.0271. The van der Waals surface area contributed by atoms with E-state index in [1.807, 2.05) is 0 Å². The maximum Gasteiger partial charge on any atom is 0.364 e. The van der Waals surface area contributed by atoms with E-state index in [9.17, 15) is 121 Å². The molecule has 0 radical (unpaired) electrons. The van der Waals surface area contributed by atoms with Crippen LogP contribution in [0, 0.1) is 0 Å². The molecule has 0 aliphatic carbocycles. The number of rotatable bonds is 64. The predicted molar refractivity (Wildman–Crippen MR) is 460 cm³/mol. The van der Waals surface area contributed by atoms with Crippen LogP contribution in [0.2, 0.25) is 0 Å². The number of aliphatic carboxylic acids is 1. The number of amides is 4. The molecule has 4 amide bonds. The summed E-state index contributed by atoms with van der Waals surface area (Å²) in [5, 5.41) is 225. The molecule has 6 rings (SSSR count). The largest absolute Gasteiger partial charge is 0.477 e. The molecule has 12 unspecified atom stereocenters. The standard InChI is InChI=1S/C89H160N4O36/c1-6-8-10-12-14-16-18-20-21-22-23-24-25-26-27-28-29-31-33-35-37-39-41-43-64(106)93-55(56(103)42-40-38-36-34-32-30-19-17-15-13-11-9-7-2)51-118-85-74(113)73(112)77(62(49-98)122-85)124-87-76(115)82(129-89(88(116)117)44-57(104)65(90-52(3)100)80(128-89)68(107)58(105)45-94)78(63(50-99)123-87)125-84-67(92-54(5)102)79(70(109)60(47-96)120-84)126-86-75(114)81(71(110)61(48-97)121-86)127-83-66(91-53(4)101)72(111)69(108)59(46-95)119-83/h40,42,55-63,65-87,94-99,103-105,107-115H,6-39,41,43-51H2,1-5H3,(H,90,100)(H,91,101)(H,92,102)(H,93,106)(H,116,117)/b42-40+/t55-,56+,57?,58+,59?,60?,61?,62?,63?,65+,66?,67?,68+,69+,70-,71-,72+,73+,74?,75?,76?,77+,78-,79+,80?,81-,82+,83-,84-,85+,86-,87-,89-/m0/s1. The Morgan fingerprint density at radius 3 is 1.25 bits per heavy atom. The van der Waals surface area contributed by atoms with Crippen molar-refractivity contribution in [3.05, 3.63) is 12.2 Å². The summed E-state index contributed by atoms with van der Waals surface area (Å²) in [5.74, 6) is -8.75. The Morgan fingerprint density at radius 2 is 0.783 bits per heavy atom. The second-order valence-electron chi connectivity index (χ2n) is 35.6. The molecule has 6 saturated heterocycles. The van der Waals surface area contributed by atoms with E-state index in [0.29, 0.717) is 12.8 Å². The second kappa shape index (κ2) is 61.2. The smallest absolute Gasteiger partial charge is 0.364 e. The van der Waals surface area contributed by atoms with E-state index in [1.54, 1.807) is 6.08 Å². The number of allylic oxidation sites excluding steroid dienone is 1. The summed E-state index contributed by atoms with van der Waals surface area (Å²) in [6.07, 6.45) is -15.7. The van der Waals surface area contributed by atoms with Gasteiger partial charge in [-0.05, 0) is 19.3 Å². The second-order valence-corrected chi connectivity index (χ2v) is 35.6. The van der Waals surface area contributed by atoms with E-state index < -0.39 is 284 Å². The SMILES string of the molecule is CCCCCCCCCCCCC/C=C/[C@@H](O)[C@H](CO[C@@H]1OC(CO)[C@@H](O[C@@H]2OC(CO)[C@H](O[C@@H]3OC(CO)[C@H](O)[C@H](O[C@@H]4OC(CO)[C@H](O)[C@H](O[C@@H]5OC(CO)[C@@H](O)[C@H](O)C5NC(C)=O)C4O)C3NC(C)=O)[C@H](O[C@]3(C(=O)O)CC(O)[C@@H](NC(C)=O)C([C@H](O)[C@H](O)CO)O3)C2O)[C@H](O)C1O)NC(=O)CCCCCCCCCCCCCCCCCCCCCCCCC. The molecule has 6 aliphatic heterocycles. The number of ether oxygens (including phenoxy) is 12. The molecule has 752 valence electrons. The average molecular weight is 1860 g/mol. The van der Waals surface area contributed by atoms with Gasteiger partial charge in [0.15, 0.2) is 31.5 Å². The van der Waals surface area contributed by atoms with Crippen molar-refractivity contribution in [3.8, 4) is 0 Å². The molecule has 6 fully saturated rings. The van der Waals surface area contributed by atoms with Crippen molar-refractivity contribution in [2.24, 2.45) is 0 Å². The zero-order valence-corrected chi connectivity index (χ0v) is 76.2. The van der Waals surface area contributed by atoms with Gasteiger partial charge in [0, 0.05) is 33.6 Å². The van der Waals surface area contributed by atoms with Crippen molar-refractivity contribution in [2.75, 3.05) is 46.2 Å². The van der Waals surface area contributed by atoms with Gasteiger partial charge in [0.05, 0.1) is 70.5 Å². The normalized spacial score (nSPS) is 34.3. The van der Waals surface area contributed by atoms with Crippen LogP contribution < -0.4 is 21.3 Å². The van der Waals surface area contributed by atoms with Crippen LogP contribution in [0.15, 0.2) is 12.2 Å². The van der Waals surface area contributed by atoms with E-state index in [0.717, 1.165) is 85.0 Å². The number of carbonyl (C=O) groups excluding carboxylic acids is 4. The minimum absolute atomic E-state index is 0.113. The topological polar surface area (TPSA) is 629 Å². The van der Waals surface area contributed by atoms with Gasteiger partial charge in [0.2, 0.25) is 23.6 Å². The Morgan fingerprint density at radius 1 is 0.403 bits per heavy atom. The molecule has 0 aromatic rings. The Balaban J connectivity index is 1.21. The zero-order valence-electron chi connectivity index (χ0n) is 76.2. The Bertz CT molecular complexity index is 3110. The van der Waals surface area contributed by atoms with Crippen molar-refractivity contribution in [2.45, 2.75) is 474 Å². The molecule has 129 heavy (non-hydrogen) atoms. The number of nitrogens with one attached hydrogen (secondary N) is 4. The van der Waals surface area contributed by atoms with Crippen LogP contribution in [0.3, 0.4) is 0 Å². The number of aliphatic hydroxyl groups excluding tert-OH is 18. The molecule has 40 nitrogen and oxygen atoms in total. The monoisotopic (exact) mass is 1860 g/mol. The summed E-state index contributed by atoms with van der Waals surface area (Å²) < 4.78 is 72.8. The Labute approximate surface area is 758 Å². The molecule has 6 aliphatic rings. The molecule has 0 spiro atoms. The molecular formula is C89H160N4O36. The fourth-order valence-electron chi connectivity index (χ4n) is 17.6. The van der Waals surface area contributed by atoms with E-state index in [1.165, 1.54) is 154 Å². The highest BCUT2D eigenvalue weighted by Crippen LogP contribution is 2.42. The lowest BCUT2D eigenvalue weighted by molar-refractivity contribution is -0.404. The van der Waals surface area contributed by atoms with Crippen LogP contribution in [-0.2, 0) is 80.8 Å². The maximum atomic E-state index is 14.0. The summed E-state index contributed by atoms with van der Waals surface area (Å²) in [4.78, 5) is 66.2. The van der Waals surface area contributed by atoms with Crippen molar-refractivity contribution < 1.29 is 178 Å². The molecule has 0 aromatic carbocycles. The van der Waals surface area contributed by atoms with Gasteiger partial charge in [-0.15, -0.1) is 0 Å². The summed E-state index contributed by atoms with van der Waals surface area (Å²) in [6, 6.07) is -6.71. The minimum atomic E-state index is -3.45. The van der Waals surface area contributed by atoms with Crippen molar-refractivity contribution in [1.82, 2.24) is 21.3 Å². The van der Waals surface area contributed by atoms with Crippen molar-refractivity contribution >= 4 is 29.6 Å². The number of unbranched alkanes of at least 4 members (excludes halogenated alkanes) is 33. The number of aliphatic hydroxyl groups is 18. The van der Waals surface area contributed by atoms with Crippen LogP contribution in [0.25, 0.3) is 0 Å². The molecule has 0 bridgehead atoms. The van der Waals surface area contributed by atoms with Crippen LogP contribution in [0.4, 0.5) is 0 Å². The Hall–Kier alpha value is -4.11. The third-order valence-corrected chi connectivity index (χ3v) is 25.1. The van der Waals surface area contributed by atoms with Gasteiger partial charge in [-0.25, -0.2) is 4.79 Å². The molecule has 6 heterocycles. The van der Waals surface area contributed by atoms with E-state index in [2.05, 4.69) is 35.1 Å². The van der Waals surface area contributed by atoms with E-state index in [-0.39, 0.29) is 6.42 Å². The molecular weight excluding hydrogens is 1700 g/mol. The zero-order chi connectivity index (χ0) is 94.7. The fourth-order valence-corrected chi connectivity index (χ4v) is 17.6. The van der Waals surface area contributed by atoms with Gasteiger partial charge in [0.25, 0.3) is 5.79 Å². The van der Waals surface area contributed by atoms with Gasteiger partial charge in [-0.2, -0.15) is 0 Å². The molecule has 23 N–H and O–H groups in total. The quantitative estimate of drug-likeness (QED) is 0.0282. The highest BCUT2D eigenvalue weighted by Gasteiger charge is 2.63. The lowest BCUT2D eigenvalue weighted by Crippen LogP contribution is -2.72. The summed E-state index contributed by atoms with van der Waals surface area (Å²) in [5.41, 5.74) is 0. The van der Waals surface area contributed by atoms with E-state index >= 15 is 0 Å². The van der Waals surface area contributed by atoms with Gasteiger partial charge in [-0.3, -0.25) is 19.2 Å². The van der Waals surface area contributed by atoms with Crippen molar-refractivity contribution in [1.29, 1.82) is 0 Å². The van der Waals surface area contributed by atoms with Crippen LogP contribution >= 0.6 is 0 Å².